The summed E-state index contributed by atoms with van der Waals surface area (Å²) in [5.74, 6) is 1.11. The summed E-state index contributed by atoms with van der Waals surface area (Å²) in [5, 5.41) is 14.4. The maximum atomic E-state index is 4.43. The van der Waals surface area contributed by atoms with Gasteiger partial charge in [0, 0.05) is 11.4 Å². The predicted octanol–water partition coefficient (Wildman–Crippen LogP) is 4.23. The second-order valence-corrected chi connectivity index (χ2v) is 5.33. The van der Waals surface area contributed by atoms with Crippen LogP contribution in [0.3, 0.4) is 0 Å². The van der Waals surface area contributed by atoms with Gasteiger partial charge in [0.15, 0.2) is 5.82 Å². The average molecular weight is 305 g/mol. The molecule has 0 aliphatic rings. The number of nitrogens with zero attached hydrogens (tertiary/aromatic N) is 3. The maximum absolute atomic E-state index is 4.43. The molecule has 2 aromatic carbocycles. The third-order valence-corrected chi connectivity index (χ3v) is 3.50. The average Bonchev–Trinajstić information content (AvgIpc) is 2.58. The molecule has 0 saturated carbocycles. The first kappa shape index (κ1) is 15.0. The molecule has 0 saturated heterocycles. The van der Waals surface area contributed by atoms with Crippen LogP contribution in [0.2, 0.25) is 0 Å². The van der Waals surface area contributed by atoms with Crippen molar-refractivity contribution in [2.24, 2.45) is 0 Å². The van der Waals surface area contributed by atoms with E-state index in [1.54, 1.807) is 6.20 Å². The van der Waals surface area contributed by atoms with Gasteiger partial charge in [0.25, 0.3) is 0 Å². The van der Waals surface area contributed by atoms with E-state index in [4.69, 9.17) is 0 Å². The molecule has 3 aromatic rings. The molecule has 0 atom stereocenters. The van der Waals surface area contributed by atoms with Crippen LogP contribution in [-0.4, -0.2) is 15.2 Å². The number of aryl methyl sites for hydroxylation is 2. The Hall–Kier alpha value is -2.95. The monoisotopic (exact) mass is 305 g/mol. The van der Waals surface area contributed by atoms with Gasteiger partial charge >= 0.3 is 0 Å². The number of benzene rings is 2. The van der Waals surface area contributed by atoms with E-state index in [0.29, 0.717) is 11.8 Å². The third-order valence-electron chi connectivity index (χ3n) is 3.50. The SMILES string of the molecule is CCc1ccc(Nc2nncc(Nc3ccc(C)cc3)n2)cc1. The van der Waals surface area contributed by atoms with Gasteiger partial charge < -0.3 is 10.6 Å². The van der Waals surface area contributed by atoms with Gasteiger partial charge in [-0.2, -0.15) is 10.1 Å². The highest BCUT2D eigenvalue weighted by Crippen LogP contribution is 2.17. The summed E-state index contributed by atoms with van der Waals surface area (Å²) in [6.07, 6.45) is 2.62. The van der Waals surface area contributed by atoms with E-state index in [9.17, 15) is 0 Å². The lowest BCUT2D eigenvalue weighted by Crippen LogP contribution is -2.02. The lowest BCUT2D eigenvalue weighted by atomic mass is 10.1. The summed E-state index contributed by atoms with van der Waals surface area (Å²) < 4.78 is 0. The highest BCUT2D eigenvalue weighted by atomic mass is 15.3. The first-order chi connectivity index (χ1) is 11.2. The van der Waals surface area contributed by atoms with Crippen molar-refractivity contribution < 1.29 is 0 Å². The molecule has 5 nitrogen and oxygen atoms in total. The Bertz CT molecular complexity index is 766. The lowest BCUT2D eigenvalue weighted by Gasteiger charge is -2.08. The summed E-state index contributed by atoms with van der Waals surface area (Å²) in [6, 6.07) is 16.3. The molecular formula is C18H19N5. The highest BCUT2D eigenvalue weighted by Gasteiger charge is 2.02. The topological polar surface area (TPSA) is 62.7 Å². The fourth-order valence-electron chi connectivity index (χ4n) is 2.15. The fraction of sp³-hybridized carbons (Fsp3) is 0.167. The van der Waals surface area contributed by atoms with Gasteiger partial charge in [-0.15, -0.1) is 5.10 Å². The van der Waals surface area contributed by atoms with Crippen molar-refractivity contribution in [3.63, 3.8) is 0 Å². The minimum atomic E-state index is 0.464. The van der Waals surface area contributed by atoms with E-state index in [2.05, 4.69) is 51.8 Å². The zero-order chi connectivity index (χ0) is 16.1. The molecule has 3 rings (SSSR count). The summed E-state index contributed by atoms with van der Waals surface area (Å²) in [7, 11) is 0. The van der Waals surface area contributed by atoms with Crippen molar-refractivity contribution in [1.29, 1.82) is 0 Å². The molecule has 0 spiro atoms. The molecule has 0 unspecified atom stereocenters. The quantitative estimate of drug-likeness (QED) is 0.738. The Morgan fingerprint density at radius 2 is 1.52 bits per heavy atom. The zero-order valence-electron chi connectivity index (χ0n) is 13.2. The summed E-state index contributed by atoms with van der Waals surface area (Å²) in [6.45, 7) is 4.19. The van der Waals surface area contributed by atoms with Gasteiger partial charge in [0.05, 0.1) is 6.20 Å². The van der Waals surface area contributed by atoms with Crippen molar-refractivity contribution in [3.8, 4) is 0 Å². The van der Waals surface area contributed by atoms with Crippen LogP contribution in [0.1, 0.15) is 18.1 Å². The summed E-state index contributed by atoms with van der Waals surface area (Å²) in [4.78, 5) is 4.43. The standard InChI is InChI=1S/C18H19N5/c1-3-14-6-10-16(11-7-14)21-18-22-17(12-19-23-18)20-15-8-4-13(2)5-9-15/h4-12H,3H2,1-2H3,(H2,20,21,22,23). The Kier molecular flexibility index (Phi) is 4.47. The van der Waals surface area contributed by atoms with Crippen LogP contribution in [0.4, 0.5) is 23.1 Å². The van der Waals surface area contributed by atoms with Crippen LogP contribution in [0.5, 0.6) is 0 Å². The molecule has 5 heteroatoms. The fourth-order valence-corrected chi connectivity index (χ4v) is 2.15. The highest BCUT2D eigenvalue weighted by molar-refractivity contribution is 5.58. The van der Waals surface area contributed by atoms with Gasteiger partial charge in [0.1, 0.15) is 0 Å². The van der Waals surface area contributed by atoms with Crippen molar-refractivity contribution in [2.45, 2.75) is 20.3 Å². The van der Waals surface area contributed by atoms with Crippen LogP contribution < -0.4 is 10.6 Å². The number of hydrogen-bond donors (Lipinski definition) is 2. The van der Waals surface area contributed by atoms with Crippen LogP contribution >= 0.6 is 0 Å². The van der Waals surface area contributed by atoms with E-state index >= 15 is 0 Å². The number of hydrogen-bond acceptors (Lipinski definition) is 5. The summed E-state index contributed by atoms with van der Waals surface area (Å²) >= 11 is 0. The van der Waals surface area contributed by atoms with E-state index < -0.39 is 0 Å². The van der Waals surface area contributed by atoms with Crippen molar-refractivity contribution >= 4 is 23.1 Å². The van der Waals surface area contributed by atoms with E-state index in [-0.39, 0.29) is 0 Å². The van der Waals surface area contributed by atoms with Gasteiger partial charge in [0.2, 0.25) is 5.95 Å². The second kappa shape index (κ2) is 6.87. The second-order valence-electron chi connectivity index (χ2n) is 5.33. The van der Waals surface area contributed by atoms with Gasteiger partial charge in [-0.25, -0.2) is 0 Å². The molecule has 1 heterocycles. The van der Waals surface area contributed by atoms with Gasteiger partial charge in [-0.3, -0.25) is 0 Å². The lowest BCUT2D eigenvalue weighted by molar-refractivity contribution is 0.982. The molecule has 1 aromatic heterocycles. The Morgan fingerprint density at radius 1 is 0.870 bits per heavy atom. The van der Waals surface area contributed by atoms with Crippen LogP contribution in [0.15, 0.2) is 54.7 Å². The largest absolute Gasteiger partial charge is 0.339 e. The van der Waals surface area contributed by atoms with Crippen LogP contribution in [0, 0.1) is 6.92 Å². The molecule has 23 heavy (non-hydrogen) atoms. The first-order valence-electron chi connectivity index (χ1n) is 7.62. The Morgan fingerprint density at radius 3 is 2.22 bits per heavy atom. The molecule has 0 aliphatic heterocycles. The van der Waals surface area contributed by atoms with E-state index in [0.717, 1.165) is 17.8 Å². The van der Waals surface area contributed by atoms with Crippen molar-refractivity contribution in [2.75, 3.05) is 10.6 Å². The Balaban J connectivity index is 1.72. The van der Waals surface area contributed by atoms with Gasteiger partial charge in [-0.05, 0) is 43.2 Å². The number of nitrogens with one attached hydrogen (secondary N) is 2. The molecule has 0 amide bonds. The van der Waals surface area contributed by atoms with Crippen molar-refractivity contribution in [1.82, 2.24) is 15.2 Å². The van der Waals surface area contributed by atoms with E-state index in [1.807, 2.05) is 36.4 Å². The first-order valence-corrected chi connectivity index (χ1v) is 7.62. The predicted molar refractivity (Wildman–Crippen MR) is 93.4 cm³/mol. The number of aromatic nitrogens is 3. The van der Waals surface area contributed by atoms with E-state index in [1.165, 1.54) is 11.1 Å². The van der Waals surface area contributed by atoms with Gasteiger partial charge in [-0.1, -0.05) is 36.8 Å². The third kappa shape index (κ3) is 4.03. The molecule has 0 bridgehead atoms. The molecule has 0 fully saturated rings. The Labute approximate surface area is 135 Å². The van der Waals surface area contributed by atoms with Crippen molar-refractivity contribution in [3.05, 3.63) is 65.9 Å². The summed E-state index contributed by atoms with van der Waals surface area (Å²) in [5.41, 5.74) is 4.42. The van der Waals surface area contributed by atoms with Crippen LogP contribution in [0.25, 0.3) is 0 Å². The molecule has 0 radical (unpaired) electrons. The number of anilines is 4. The smallest absolute Gasteiger partial charge is 0.249 e. The molecule has 2 N–H and O–H groups in total. The minimum absolute atomic E-state index is 0.464. The molecule has 0 aliphatic carbocycles. The number of rotatable bonds is 5. The molecule has 116 valence electrons. The normalized spacial score (nSPS) is 10.3. The molecular weight excluding hydrogens is 286 g/mol. The van der Waals surface area contributed by atoms with Crippen LogP contribution in [-0.2, 0) is 6.42 Å². The maximum Gasteiger partial charge on any atom is 0.249 e. The zero-order valence-corrected chi connectivity index (χ0v) is 13.2. The minimum Gasteiger partial charge on any atom is -0.339 e.